The quantitative estimate of drug-likeness (QED) is 0.333. The van der Waals surface area contributed by atoms with Gasteiger partial charge in [-0.25, -0.2) is 4.98 Å². The molecule has 0 saturated carbocycles. The third kappa shape index (κ3) is 5.33. The van der Waals surface area contributed by atoms with Crippen LogP contribution < -0.4 is 15.4 Å². The van der Waals surface area contributed by atoms with E-state index >= 15 is 0 Å². The lowest BCUT2D eigenvalue weighted by Crippen LogP contribution is -2.14. The van der Waals surface area contributed by atoms with Gasteiger partial charge in [0.2, 0.25) is 5.95 Å². The van der Waals surface area contributed by atoms with Crippen molar-refractivity contribution in [2.75, 3.05) is 23.8 Å². The minimum atomic E-state index is -4.39. The van der Waals surface area contributed by atoms with Crippen molar-refractivity contribution in [3.63, 3.8) is 0 Å². The van der Waals surface area contributed by atoms with Gasteiger partial charge in [-0.2, -0.15) is 23.1 Å². The maximum atomic E-state index is 12.8. The first-order chi connectivity index (χ1) is 15.8. The van der Waals surface area contributed by atoms with E-state index in [1.54, 1.807) is 6.33 Å². The summed E-state index contributed by atoms with van der Waals surface area (Å²) < 4.78 is 46.1. The number of fused-ring (bicyclic) bond motifs is 1. The number of para-hydroxylation sites is 1. The first kappa shape index (κ1) is 22.4. The number of aromatic nitrogens is 4. The molecule has 0 aliphatic carbocycles. The zero-order chi connectivity index (χ0) is 23.4. The fraction of sp³-hybridized carbons (Fsp3) is 0.261. The molecule has 0 radical (unpaired) electrons. The number of hydrogen-bond acceptors (Lipinski definition) is 6. The standard InChI is InChI=1S/C23H23F3N6O/c1-15(2)32-14-28-19-20(27-12-13-33-18-6-4-3-5-7-18)30-22(31-21(19)32)29-17-10-8-16(9-11-17)23(24,25)26/h3-11,14-15H,12-13H2,1-2H3,(H2,27,29,30,31). The maximum absolute atomic E-state index is 12.8. The Labute approximate surface area is 188 Å². The van der Waals surface area contributed by atoms with Crippen molar-refractivity contribution in [3.05, 3.63) is 66.5 Å². The number of benzene rings is 2. The van der Waals surface area contributed by atoms with E-state index in [0.717, 1.165) is 17.9 Å². The summed E-state index contributed by atoms with van der Waals surface area (Å²) in [6.45, 7) is 4.89. The molecule has 0 fully saturated rings. The number of imidazole rings is 1. The maximum Gasteiger partial charge on any atom is 0.416 e. The predicted octanol–water partition coefficient (Wildman–Crippen LogP) is 5.66. The van der Waals surface area contributed by atoms with Gasteiger partial charge in [0.25, 0.3) is 0 Å². The minimum absolute atomic E-state index is 0.109. The SMILES string of the molecule is CC(C)n1cnc2c(NCCOc3ccccc3)nc(Nc3ccc(C(F)(F)F)cc3)nc21. The molecule has 4 aromatic rings. The van der Waals surface area contributed by atoms with Crippen molar-refractivity contribution in [1.82, 2.24) is 19.5 Å². The summed E-state index contributed by atoms with van der Waals surface area (Å²) in [4.78, 5) is 13.5. The highest BCUT2D eigenvalue weighted by atomic mass is 19.4. The van der Waals surface area contributed by atoms with E-state index in [1.807, 2.05) is 48.7 Å². The van der Waals surface area contributed by atoms with Crippen molar-refractivity contribution in [3.8, 4) is 5.75 Å². The van der Waals surface area contributed by atoms with Gasteiger partial charge >= 0.3 is 6.18 Å². The van der Waals surface area contributed by atoms with Gasteiger partial charge in [0, 0.05) is 11.7 Å². The zero-order valence-corrected chi connectivity index (χ0v) is 18.1. The van der Waals surface area contributed by atoms with E-state index in [2.05, 4.69) is 25.6 Å². The minimum Gasteiger partial charge on any atom is -0.492 e. The molecule has 0 saturated heterocycles. The molecule has 2 N–H and O–H groups in total. The number of anilines is 3. The lowest BCUT2D eigenvalue weighted by atomic mass is 10.2. The Kier molecular flexibility index (Phi) is 6.34. The molecule has 172 valence electrons. The highest BCUT2D eigenvalue weighted by Gasteiger charge is 2.30. The van der Waals surface area contributed by atoms with Crippen molar-refractivity contribution < 1.29 is 17.9 Å². The molecule has 0 aliphatic heterocycles. The first-order valence-electron chi connectivity index (χ1n) is 10.4. The molecule has 0 amide bonds. The number of rotatable bonds is 8. The molecule has 7 nitrogen and oxygen atoms in total. The Morgan fingerprint density at radius 2 is 1.73 bits per heavy atom. The van der Waals surface area contributed by atoms with Crippen LogP contribution >= 0.6 is 0 Å². The number of ether oxygens (including phenoxy) is 1. The Morgan fingerprint density at radius 1 is 1.00 bits per heavy atom. The predicted molar refractivity (Wildman–Crippen MR) is 121 cm³/mol. The Balaban J connectivity index is 1.55. The van der Waals surface area contributed by atoms with Gasteiger partial charge < -0.3 is 19.9 Å². The van der Waals surface area contributed by atoms with E-state index in [1.165, 1.54) is 12.1 Å². The van der Waals surface area contributed by atoms with Gasteiger partial charge in [-0.1, -0.05) is 18.2 Å². The van der Waals surface area contributed by atoms with Crippen molar-refractivity contribution >= 4 is 28.6 Å². The largest absolute Gasteiger partial charge is 0.492 e. The summed E-state index contributed by atoms with van der Waals surface area (Å²) >= 11 is 0. The normalized spacial score (nSPS) is 11.7. The molecule has 2 heterocycles. The van der Waals surface area contributed by atoms with Crippen LogP contribution in [0.1, 0.15) is 25.5 Å². The van der Waals surface area contributed by atoms with Crippen LogP contribution in [0.15, 0.2) is 60.9 Å². The number of nitrogens with zero attached hydrogens (tertiary/aromatic N) is 4. The van der Waals surface area contributed by atoms with Gasteiger partial charge in [0.05, 0.1) is 18.4 Å². The average Bonchev–Trinajstić information content (AvgIpc) is 3.21. The summed E-state index contributed by atoms with van der Waals surface area (Å²) in [5.74, 6) is 1.52. The van der Waals surface area contributed by atoms with Crippen LogP contribution in [-0.4, -0.2) is 32.7 Å². The second kappa shape index (κ2) is 9.35. The molecule has 0 aliphatic rings. The Morgan fingerprint density at radius 3 is 2.39 bits per heavy atom. The second-order valence-corrected chi connectivity index (χ2v) is 7.60. The van der Waals surface area contributed by atoms with Gasteiger partial charge in [-0.15, -0.1) is 0 Å². The monoisotopic (exact) mass is 456 g/mol. The molecule has 0 spiro atoms. The topological polar surface area (TPSA) is 76.9 Å². The molecule has 33 heavy (non-hydrogen) atoms. The average molecular weight is 456 g/mol. The number of alkyl halides is 3. The lowest BCUT2D eigenvalue weighted by Gasteiger charge is -2.13. The van der Waals surface area contributed by atoms with Crippen molar-refractivity contribution in [2.45, 2.75) is 26.1 Å². The summed E-state index contributed by atoms with van der Waals surface area (Å²) in [7, 11) is 0. The molecular weight excluding hydrogens is 433 g/mol. The third-order valence-corrected chi connectivity index (χ3v) is 4.85. The van der Waals surface area contributed by atoms with Gasteiger partial charge in [0.1, 0.15) is 12.4 Å². The molecule has 0 unspecified atom stereocenters. The van der Waals surface area contributed by atoms with Crippen LogP contribution in [0.3, 0.4) is 0 Å². The van der Waals surface area contributed by atoms with Crippen LogP contribution in [0.25, 0.3) is 11.2 Å². The summed E-state index contributed by atoms with van der Waals surface area (Å²) in [6.07, 6.45) is -2.70. The van der Waals surface area contributed by atoms with Crippen LogP contribution in [0.2, 0.25) is 0 Å². The van der Waals surface area contributed by atoms with Crippen LogP contribution in [0, 0.1) is 0 Å². The molecule has 2 aromatic carbocycles. The highest BCUT2D eigenvalue weighted by molar-refractivity contribution is 5.84. The van der Waals surface area contributed by atoms with Gasteiger partial charge in [-0.3, -0.25) is 0 Å². The fourth-order valence-electron chi connectivity index (χ4n) is 3.20. The van der Waals surface area contributed by atoms with E-state index in [0.29, 0.717) is 35.8 Å². The summed E-state index contributed by atoms with van der Waals surface area (Å²) in [5, 5.41) is 6.21. The van der Waals surface area contributed by atoms with Crippen LogP contribution in [0.4, 0.5) is 30.6 Å². The molecule has 2 aromatic heterocycles. The zero-order valence-electron chi connectivity index (χ0n) is 18.1. The van der Waals surface area contributed by atoms with Crippen LogP contribution in [0.5, 0.6) is 5.75 Å². The Hall–Kier alpha value is -3.82. The fourth-order valence-corrected chi connectivity index (χ4v) is 3.20. The highest BCUT2D eigenvalue weighted by Crippen LogP contribution is 2.30. The van der Waals surface area contributed by atoms with E-state index in [4.69, 9.17) is 4.74 Å². The summed E-state index contributed by atoms with van der Waals surface area (Å²) in [5.41, 5.74) is 0.932. The Bertz CT molecular complexity index is 1210. The van der Waals surface area contributed by atoms with E-state index in [9.17, 15) is 13.2 Å². The van der Waals surface area contributed by atoms with Crippen LogP contribution in [-0.2, 0) is 6.18 Å². The number of halogens is 3. The number of hydrogen-bond donors (Lipinski definition) is 2. The van der Waals surface area contributed by atoms with Crippen molar-refractivity contribution in [2.24, 2.45) is 0 Å². The lowest BCUT2D eigenvalue weighted by molar-refractivity contribution is -0.137. The van der Waals surface area contributed by atoms with Gasteiger partial charge in [-0.05, 0) is 50.2 Å². The smallest absolute Gasteiger partial charge is 0.416 e. The first-order valence-corrected chi connectivity index (χ1v) is 10.4. The second-order valence-electron chi connectivity index (χ2n) is 7.60. The van der Waals surface area contributed by atoms with Gasteiger partial charge in [0.15, 0.2) is 17.0 Å². The third-order valence-electron chi connectivity index (χ3n) is 4.85. The molecule has 0 atom stereocenters. The molecular formula is C23H23F3N6O. The number of nitrogens with one attached hydrogen (secondary N) is 2. The van der Waals surface area contributed by atoms with E-state index < -0.39 is 11.7 Å². The van der Waals surface area contributed by atoms with E-state index in [-0.39, 0.29) is 12.0 Å². The summed E-state index contributed by atoms with van der Waals surface area (Å²) in [6, 6.07) is 14.3. The van der Waals surface area contributed by atoms with Crippen molar-refractivity contribution in [1.29, 1.82) is 0 Å². The molecule has 4 rings (SSSR count). The molecule has 0 bridgehead atoms. The molecule has 10 heteroatoms.